The maximum atomic E-state index is 12.9. The average Bonchev–Trinajstić information content (AvgIpc) is 2.54. The molecule has 1 aromatic carbocycles. The highest BCUT2D eigenvalue weighted by atomic mass is 16.6. The van der Waals surface area contributed by atoms with Crippen molar-refractivity contribution < 1.29 is 23.9 Å². The molecule has 0 saturated heterocycles. The van der Waals surface area contributed by atoms with Gasteiger partial charge in [-0.1, -0.05) is 40.7 Å². The van der Waals surface area contributed by atoms with Gasteiger partial charge in [-0.2, -0.15) is 0 Å². The average molecular weight is 448 g/mol. The minimum absolute atomic E-state index is 0.195. The Morgan fingerprint density at radius 1 is 1.03 bits per heavy atom. The van der Waals surface area contributed by atoms with Crippen LogP contribution in [0.15, 0.2) is 12.1 Å². The van der Waals surface area contributed by atoms with Crippen LogP contribution in [0.3, 0.4) is 0 Å². The van der Waals surface area contributed by atoms with Crippen LogP contribution in [0.2, 0.25) is 0 Å². The molecule has 0 spiro atoms. The molecule has 0 aliphatic heterocycles. The third-order valence-corrected chi connectivity index (χ3v) is 5.31. The molecule has 1 N–H and O–H groups in total. The SMILES string of the molecule is Cc1cc(C)c(C(C)(C)CC=O)c(OC(=O)N[C@@H](CCC(=O)OC(C)(C)C)C(C)(C)C)c1. The van der Waals surface area contributed by atoms with Gasteiger partial charge >= 0.3 is 12.1 Å². The van der Waals surface area contributed by atoms with Gasteiger partial charge in [0.1, 0.15) is 17.6 Å². The number of carbonyl (C=O) groups is 3. The van der Waals surface area contributed by atoms with Crippen molar-refractivity contribution in [3.05, 3.63) is 28.8 Å². The zero-order valence-corrected chi connectivity index (χ0v) is 21.5. The van der Waals surface area contributed by atoms with Gasteiger partial charge in [-0.15, -0.1) is 0 Å². The minimum atomic E-state index is -0.581. The van der Waals surface area contributed by atoms with Crippen LogP contribution in [0.25, 0.3) is 0 Å². The number of aryl methyl sites for hydroxylation is 2. The molecule has 0 aliphatic rings. The molecule has 1 atom stereocenters. The molecule has 1 amide bonds. The van der Waals surface area contributed by atoms with Gasteiger partial charge < -0.3 is 19.6 Å². The van der Waals surface area contributed by atoms with Crippen molar-refractivity contribution >= 4 is 18.3 Å². The Kier molecular flexibility index (Phi) is 9.07. The van der Waals surface area contributed by atoms with Crippen molar-refractivity contribution in [2.45, 2.75) is 106 Å². The van der Waals surface area contributed by atoms with E-state index < -0.39 is 17.1 Å². The lowest BCUT2D eigenvalue weighted by Crippen LogP contribution is -2.45. The van der Waals surface area contributed by atoms with Crippen molar-refractivity contribution in [2.24, 2.45) is 5.41 Å². The molecule has 32 heavy (non-hydrogen) atoms. The lowest BCUT2D eigenvalue weighted by molar-refractivity contribution is -0.155. The fourth-order valence-corrected chi connectivity index (χ4v) is 3.83. The molecule has 6 nitrogen and oxygen atoms in total. The number of hydrogen-bond donors (Lipinski definition) is 1. The Hall–Kier alpha value is -2.37. The molecule has 0 aliphatic carbocycles. The molecule has 0 saturated carbocycles. The summed E-state index contributed by atoms with van der Waals surface area (Å²) in [5.41, 5.74) is 1.46. The molecule has 0 bridgehead atoms. The maximum absolute atomic E-state index is 12.9. The van der Waals surface area contributed by atoms with Gasteiger partial charge in [-0.3, -0.25) is 4.79 Å². The van der Waals surface area contributed by atoms with Crippen LogP contribution in [-0.2, 0) is 19.7 Å². The Morgan fingerprint density at radius 2 is 1.62 bits per heavy atom. The Balaban J connectivity index is 3.05. The summed E-state index contributed by atoms with van der Waals surface area (Å²) >= 11 is 0. The predicted molar refractivity (Wildman–Crippen MR) is 127 cm³/mol. The van der Waals surface area contributed by atoms with E-state index in [-0.39, 0.29) is 23.8 Å². The number of rotatable bonds is 8. The first kappa shape index (κ1) is 27.7. The summed E-state index contributed by atoms with van der Waals surface area (Å²) in [5.74, 6) is 0.153. The summed E-state index contributed by atoms with van der Waals surface area (Å²) in [6.07, 6.45) is 1.25. The topological polar surface area (TPSA) is 81.7 Å². The third-order valence-electron chi connectivity index (χ3n) is 5.31. The summed E-state index contributed by atoms with van der Waals surface area (Å²) in [4.78, 5) is 36.3. The van der Waals surface area contributed by atoms with Gasteiger partial charge in [0.25, 0.3) is 0 Å². The van der Waals surface area contributed by atoms with Gasteiger partial charge in [-0.25, -0.2) is 4.79 Å². The molecule has 0 radical (unpaired) electrons. The van der Waals surface area contributed by atoms with E-state index in [0.29, 0.717) is 18.6 Å². The predicted octanol–water partition coefficient (Wildman–Crippen LogP) is 5.80. The largest absolute Gasteiger partial charge is 0.460 e. The van der Waals surface area contributed by atoms with E-state index in [1.165, 1.54) is 0 Å². The van der Waals surface area contributed by atoms with Crippen LogP contribution in [0.1, 0.15) is 91.3 Å². The highest BCUT2D eigenvalue weighted by Gasteiger charge is 2.31. The monoisotopic (exact) mass is 447 g/mol. The fourth-order valence-electron chi connectivity index (χ4n) is 3.83. The number of ether oxygens (including phenoxy) is 2. The van der Waals surface area contributed by atoms with Crippen LogP contribution in [0, 0.1) is 19.3 Å². The summed E-state index contributed by atoms with van der Waals surface area (Å²) in [7, 11) is 0. The van der Waals surface area contributed by atoms with Gasteiger partial charge in [0, 0.05) is 29.9 Å². The van der Waals surface area contributed by atoms with Crippen molar-refractivity contribution in [1.29, 1.82) is 0 Å². The number of hydrogen-bond acceptors (Lipinski definition) is 5. The van der Waals surface area contributed by atoms with Crippen LogP contribution in [0.4, 0.5) is 4.79 Å². The van der Waals surface area contributed by atoms with Gasteiger partial charge in [0.2, 0.25) is 0 Å². The molecule has 180 valence electrons. The van der Waals surface area contributed by atoms with Crippen LogP contribution < -0.4 is 10.1 Å². The third kappa shape index (κ3) is 8.64. The van der Waals surface area contributed by atoms with Crippen molar-refractivity contribution in [3.63, 3.8) is 0 Å². The first-order valence-corrected chi connectivity index (χ1v) is 11.2. The van der Waals surface area contributed by atoms with Crippen LogP contribution in [0.5, 0.6) is 5.75 Å². The van der Waals surface area contributed by atoms with E-state index in [1.54, 1.807) is 0 Å². The molecule has 0 unspecified atom stereocenters. The number of esters is 1. The molecule has 0 heterocycles. The second-order valence-electron chi connectivity index (χ2n) is 11.3. The lowest BCUT2D eigenvalue weighted by Gasteiger charge is -2.32. The molecular weight excluding hydrogens is 406 g/mol. The number of nitrogens with one attached hydrogen (secondary N) is 1. The highest BCUT2D eigenvalue weighted by molar-refractivity contribution is 5.73. The molecule has 1 rings (SSSR count). The molecular formula is C26H41NO5. The summed E-state index contributed by atoms with van der Waals surface area (Å²) < 4.78 is 11.2. The smallest absolute Gasteiger partial charge is 0.412 e. The Morgan fingerprint density at radius 3 is 2.12 bits per heavy atom. The van der Waals surface area contributed by atoms with Crippen molar-refractivity contribution in [2.75, 3.05) is 0 Å². The lowest BCUT2D eigenvalue weighted by atomic mass is 9.78. The highest BCUT2D eigenvalue weighted by Crippen LogP contribution is 2.37. The first-order valence-electron chi connectivity index (χ1n) is 11.2. The van der Waals surface area contributed by atoms with Gasteiger partial charge in [0.15, 0.2) is 0 Å². The fraction of sp³-hybridized carbons (Fsp3) is 0.654. The first-order chi connectivity index (χ1) is 14.5. The standard InChI is InChI=1S/C26H41NO5/c1-17-15-18(2)22(26(9,10)13-14-28)19(16-17)31-23(30)27-20(24(3,4)5)11-12-21(29)32-25(6,7)8/h14-16,20H,11-13H2,1-10H3,(H,27,30)/t20-/m0/s1. The molecule has 1 aromatic rings. The zero-order valence-electron chi connectivity index (χ0n) is 21.5. The second-order valence-corrected chi connectivity index (χ2v) is 11.3. The van der Waals surface area contributed by atoms with Crippen molar-refractivity contribution in [1.82, 2.24) is 5.32 Å². The van der Waals surface area contributed by atoms with Gasteiger partial charge in [0.05, 0.1) is 0 Å². The summed E-state index contributed by atoms with van der Waals surface area (Å²) in [6.45, 7) is 19.3. The van der Waals surface area contributed by atoms with Crippen LogP contribution in [-0.4, -0.2) is 30.0 Å². The normalized spacial score (nSPS) is 13.3. The molecule has 6 heteroatoms. The van der Waals surface area contributed by atoms with E-state index in [4.69, 9.17) is 9.47 Å². The number of benzene rings is 1. The van der Waals surface area contributed by atoms with Gasteiger partial charge in [-0.05, 0) is 63.6 Å². The van der Waals surface area contributed by atoms with E-state index >= 15 is 0 Å². The second kappa shape index (κ2) is 10.5. The molecule has 0 aromatic heterocycles. The minimum Gasteiger partial charge on any atom is -0.460 e. The van der Waals surface area contributed by atoms with E-state index in [1.807, 2.05) is 81.4 Å². The van der Waals surface area contributed by atoms with E-state index in [9.17, 15) is 14.4 Å². The number of amides is 1. The van der Waals surface area contributed by atoms with E-state index in [2.05, 4.69) is 5.32 Å². The molecule has 0 fully saturated rings. The summed E-state index contributed by atoms with van der Waals surface area (Å²) in [5, 5.41) is 2.93. The quantitative estimate of drug-likeness (QED) is 0.403. The maximum Gasteiger partial charge on any atom is 0.412 e. The number of aldehydes is 1. The number of carbonyl (C=O) groups excluding carboxylic acids is 3. The van der Waals surface area contributed by atoms with Crippen molar-refractivity contribution in [3.8, 4) is 5.75 Å². The Bertz CT molecular complexity index is 828. The Labute approximate surface area is 193 Å². The van der Waals surface area contributed by atoms with Crippen LogP contribution >= 0.6 is 0 Å². The summed E-state index contributed by atoms with van der Waals surface area (Å²) in [6, 6.07) is 3.55. The van der Waals surface area contributed by atoms with E-state index in [0.717, 1.165) is 23.0 Å². The zero-order chi connectivity index (χ0) is 24.9.